The van der Waals surface area contributed by atoms with Crippen LogP contribution >= 0.6 is 0 Å². The van der Waals surface area contributed by atoms with Crippen LogP contribution in [-0.4, -0.2) is 33.3 Å². The predicted molar refractivity (Wildman–Crippen MR) is 152 cm³/mol. The Morgan fingerprint density at radius 3 is 2.27 bits per heavy atom. The van der Waals surface area contributed by atoms with Gasteiger partial charge in [0.05, 0.1) is 0 Å². The van der Waals surface area contributed by atoms with E-state index in [4.69, 9.17) is 15.0 Å². The van der Waals surface area contributed by atoms with Crippen molar-refractivity contribution in [2.45, 2.75) is 98.1 Å². The third-order valence-electron chi connectivity index (χ3n) is 8.11. The van der Waals surface area contributed by atoms with Gasteiger partial charge in [-0.25, -0.2) is 0 Å². The summed E-state index contributed by atoms with van der Waals surface area (Å²) >= 11 is 0. The molecule has 0 amide bonds. The molecule has 0 bridgehead atoms. The second-order valence-electron chi connectivity index (χ2n) is 11.6. The summed E-state index contributed by atoms with van der Waals surface area (Å²) in [6, 6.07) is 8.21. The molecular formula is C30H46N6O. The van der Waals surface area contributed by atoms with E-state index in [0.717, 1.165) is 23.6 Å². The molecule has 0 aliphatic heterocycles. The van der Waals surface area contributed by atoms with Crippen molar-refractivity contribution < 1.29 is 4.79 Å². The molecule has 1 aromatic carbocycles. The highest BCUT2D eigenvalue weighted by molar-refractivity contribution is 5.97. The molecule has 0 spiro atoms. The largest absolute Gasteiger partial charge is 0.354 e. The molecule has 2 aliphatic carbocycles. The number of carbonyl (C=O) groups excluding carboxylic acids is 1. The number of anilines is 3. The highest BCUT2D eigenvalue weighted by Crippen LogP contribution is 2.35. The molecule has 37 heavy (non-hydrogen) atoms. The standard InChI is InChI=1S/C30H46N6O/c1-5-9-24-16-21(4)26(17-24)33-30-35-28(31-18-22-10-7-6-8-11-22)34-29(36-30)32-19-23-12-14-25(15-13-23)27(37)20(2)3/h12-15,20-22,24,26H,5-11,16-19H2,1-4H3,(H3,31,32,33,34,35,36). The molecule has 1 aromatic heterocycles. The summed E-state index contributed by atoms with van der Waals surface area (Å²) in [6.45, 7) is 9.96. The van der Waals surface area contributed by atoms with Crippen LogP contribution in [0.5, 0.6) is 0 Å². The van der Waals surface area contributed by atoms with Crippen molar-refractivity contribution in [3.8, 4) is 0 Å². The first kappa shape index (κ1) is 27.3. The van der Waals surface area contributed by atoms with Gasteiger partial charge in [0.15, 0.2) is 5.78 Å². The van der Waals surface area contributed by atoms with Gasteiger partial charge in [-0.1, -0.05) is 84.1 Å². The number of benzene rings is 1. The van der Waals surface area contributed by atoms with Crippen LogP contribution in [0, 0.1) is 23.7 Å². The molecule has 1 heterocycles. The number of carbonyl (C=O) groups is 1. The second kappa shape index (κ2) is 13.2. The fraction of sp³-hybridized carbons (Fsp3) is 0.667. The van der Waals surface area contributed by atoms with Crippen molar-refractivity contribution in [2.24, 2.45) is 23.7 Å². The third-order valence-corrected chi connectivity index (χ3v) is 8.11. The monoisotopic (exact) mass is 506 g/mol. The SMILES string of the molecule is CCCC1CC(C)C(Nc2nc(NCc3ccc(C(=O)C(C)C)cc3)nc(NCC3CCCCC3)n2)C1. The highest BCUT2D eigenvalue weighted by atomic mass is 16.1. The summed E-state index contributed by atoms with van der Waals surface area (Å²) in [6.07, 6.45) is 11.5. The highest BCUT2D eigenvalue weighted by Gasteiger charge is 2.31. The number of nitrogens with one attached hydrogen (secondary N) is 3. The first-order valence-electron chi connectivity index (χ1n) is 14.5. The van der Waals surface area contributed by atoms with Gasteiger partial charge in [0.25, 0.3) is 0 Å². The number of hydrogen-bond acceptors (Lipinski definition) is 7. The molecule has 202 valence electrons. The molecule has 2 aliphatic rings. The van der Waals surface area contributed by atoms with Crippen molar-refractivity contribution in [3.63, 3.8) is 0 Å². The minimum Gasteiger partial charge on any atom is -0.354 e. The van der Waals surface area contributed by atoms with E-state index in [1.807, 2.05) is 38.1 Å². The lowest BCUT2D eigenvalue weighted by molar-refractivity contribution is 0.0939. The van der Waals surface area contributed by atoms with Crippen molar-refractivity contribution in [2.75, 3.05) is 22.5 Å². The Labute approximate surface area is 223 Å². The number of rotatable bonds is 12. The predicted octanol–water partition coefficient (Wildman–Crippen LogP) is 6.94. The van der Waals surface area contributed by atoms with E-state index < -0.39 is 0 Å². The third kappa shape index (κ3) is 7.89. The van der Waals surface area contributed by atoms with Gasteiger partial charge in [-0.3, -0.25) is 4.79 Å². The average molecular weight is 507 g/mol. The zero-order valence-electron chi connectivity index (χ0n) is 23.2. The molecule has 3 N–H and O–H groups in total. The van der Waals surface area contributed by atoms with E-state index in [9.17, 15) is 4.79 Å². The summed E-state index contributed by atoms with van der Waals surface area (Å²) < 4.78 is 0. The van der Waals surface area contributed by atoms with E-state index in [2.05, 4.69) is 29.8 Å². The number of hydrogen-bond donors (Lipinski definition) is 3. The Bertz CT molecular complexity index is 1000. The fourth-order valence-electron chi connectivity index (χ4n) is 5.92. The Kier molecular flexibility index (Phi) is 9.75. The molecule has 0 saturated heterocycles. The lowest BCUT2D eigenvalue weighted by Gasteiger charge is -2.22. The molecule has 2 saturated carbocycles. The summed E-state index contributed by atoms with van der Waals surface area (Å²) in [7, 11) is 0. The number of nitrogens with zero attached hydrogens (tertiary/aromatic N) is 3. The number of Topliss-reactive ketones (excluding diaryl/α,β-unsaturated/α-hetero) is 1. The van der Waals surface area contributed by atoms with Gasteiger partial charge in [-0.15, -0.1) is 0 Å². The van der Waals surface area contributed by atoms with E-state index in [1.165, 1.54) is 57.8 Å². The molecule has 2 fully saturated rings. The summed E-state index contributed by atoms with van der Waals surface area (Å²) in [5.41, 5.74) is 1.84. The maximum Gasteiger partial charge on any atom is 0.229 e. The normalized spacial score (nSPS) is 22.2. The van der Waals surface area contributed by atoms with Gasteiger partial charge in [-0.05, 0) is 49.0 Å². The zero-order chi connectivity index (χ0) is 26.2. The quantitative estimate of drug-likeness (QED) is 0.268. The van der Waals surface area contributed by atoms with Crippen LogP contribution in [0.1, 0.15) is 101 Å². The number of aromatic nitrogens is 3. The van der Waals surface area contributed by atoms with Gasteiger partial charge in [0.2, 0.25) is 17.8 Å². The summed E-state index contributed by atoms with van der Waals surface area (Å²) in [5, 5.41) is 10.5. The lowest BCUT2D eigenvalue weighted by atomic mass is 9.89. The lowest BCUT2D eigenvalue weighted by Crippen LogP contribution is -2.25. The molecule has 7 heteroatoms. The van der Waals surface area contributed by atoms with E-state index >= 15 is 0 Å². The molecular weight excluding hydrogens is 460 g/mol. The average Bonchev–Trinajstić information content (AvgIpc) is 3.25. The Balaban J connectivity index is 1.44. The van der Waals surface area contributed by atoms with Gasteiger partial charge >= 0.3 is 0 Å². The van der Waals surface area contributed by atoms with Crippen molar-refractivity contribution in [3.05, 3.63) is 35.4 Å². The molecule has 7 nitrogen and oxygen atoms in total. The first-order valence-corrected chi connectivity index (χ1v) is 14.5. The maximum absolute atomic E-state index is 12.3. The maximum atomic E-state index is 12.3. The van der Waals surface area contributed by atoms with Crippen LogP contribution in [0.2, 0.25) is 0 Å². The first-order chi connectivity index (χ1) is 17.9. The molecule has 3 unspecified atom stereocenters. The van der Waals surface area contributed by atoms with Crippen LogP contribution in [0.4, 0.5) is 17.8 Å². The molecule has 2 aromatic rings. The van der Waals surface area contributed by atoms with Gasteiger partial charge in [-0.2, -0.15) is 15.0 Å². The van der Waals surface area contributed by atoms with Crippen molar-refractivity contribution >= 4 is 23.6 Å². The van der Waals surface area contributed by atoms with Crippen LogP contribution in [0.15, 0.2) is 24.3 Å². The second-order valence-corrected chi connectivity index (χ2v) is 11.6. The van der Waals surface area contributed by atoms with E-state index in [0.29, 0.717) is 42.3 Å². The topological polar surface area (TPSA) is 91.8 Å². The Hall–Kier alpha value is -2.70. The van der Waals surface area contributed by atoms with E-state index in [-0.39, 0.29) is 11.7 Å². The minimum absolute atomic E-state index is 0.000478. The van der Waals surface area contributed by atoms with Crippen LogP contribution < -0.4 is 16.0 Å². The summed E-state index contributed by atoms with van der Waals surface area (Å²) in [4.78, 5) is 26.5. The Morgan fingerprint density at radius 2 is 1.59 bits per heavy atom. The Morgan fingerprint density at radius 1 is 0.919 bits per heavy atom. The number of ketones is 1. The van der Waals surface area contributed by atoms with Gasteiger partial charge in [0.1, 0.15) is 0 Å². The van der Waals surface area contributed by atoms with Crippen molar-refractivity contribution in [1.29, 1.82) is 0 Å². The van der Waals surface area contributed by atoms with Crippen LogP contribution in [0.3, 0.4) is 0 Å². The summed E-state index contributed by atoms with van der Waals surface area (Å²) in [5.74, 6) is 4.11. The molecule has 3 atom stereocenters. The van der Waals surface area contributed by atoms with Crippen LogP contribution in [0.25, 0.3) is 0 Å². The van der Waals surface area contributed by atoms with Gasteiger partial charge in [0, 0.05) is 30.6 Å². The fourth-order valence-corrected chi connectivity index (χ4v) is 5.92. The molecule has 0 radical (unpaired) electrons. The van der Waals surface area contributed by atoms with Gasteiger partial charge < -0.3 is 16.0 Å². The smallest absolute Gasteiger partial charge is 0.229 e. The minimum atomic E-state index is -0.000478. The van der Waals surface area contributed by atoms with Crippen molar-refractivity contribution in [1.82, 2.24) is 15.0 Å². The zero-order valence-corrected chi connectivity index (χ0v) is 23.2. The van der Waals surface area contributed by atoms with E-state index in [1.54, 1.807) is 0 Å². The van der Waals surface area contributed by atoms with Crippen LogP contribution in [-0.2, 0) is 6.54 Å². The molecule has 4 rings (SSSR count).